The van der Waals surface area contributed by atoms with Crippen LogP contribution in [0.25, 0.3) is 0 Å². The van der Waals surface area contributed by atoms with Gasteiger partial charge in [0.15, 0.2) is 0 Å². The van der Waals surface area contributed by atoms with Crippen LogP contribution in [0.4, 0.5) is 0 Å². The molecule has 0 atom stereocenters. The third kappa shape index (κ3) is 2.80. The molecule has 0 saturated heterocycles. The van der Waals surface area contributed by atoms with Gasteiger partial charge in [-0.1, -0.05) is 24.3 Å². The Balaban J connectivity index is 2.04. The number of hydrogen-bond donors (Lipinski definition) is 1. The van der Waals surface area contributed by atoms with E-state index in [1.807, 2.05) is 0 Å². The molecule has 2 heteroatoms. The first-order chi connectivity index (χ1) is 7.31. The van der Waals surface area contributed by atoms with Crippen LogP contribution in [0, 0.1) is 0 Å². The molecular formula is C13H20N2. The van der Waals surface area contributed by atoms with Crippen molar-refractivity contribution in [1.29, 1.82) is 0 Å². The molecule has 0 radical (unpaired) electrons. The Labute approximate surface area is 92.1 Å². The smallest absolute Gasteiger partial charge is 0.0236 e. The predicted molar refractivity (Wildman–Crippen MR) is 63.7 cm³/mol. The van der Waals surface area contributed by atoms with E-state index in [2.05, 4.69) is 36.2 Å². The van der Waals surface area contributed by atoms with Crippen molar-refractivity contribution >= 4 is 0 Å². The largest absolute Gasteiger partial charge is 0.330 e. The lowest BCUT2D eigenvalue weighted by molar-refractivity contribution is 0.315. The monoisotopic (exact) mass is 204 g/mol. The minimum absolute atomic E-state index is 0.740. The number of nitrogens with two attached hydrogens (primary N) is 1. The molecule has 0 unspecified atom stereocenters. The summed E-state index contributed by atoms with van der Waals surface area (Å²) in [5.74, 6) is 0. The summed E-state index contributed by atoms with van der Waals surface area (Å²) in [6.45, 7) is 1.81. The molecule has 82 valence electrons. The molecular weight excluding hydrogens is 184 g/mol. The number of hydrogen-bond acceptors (Lipinski definition) is 2. The van der Waals surface area contributed by atoms with Gasteiger partial charge >= 0.3 is 0 Å². The maximum absolute atomic E-state index is 5.62. The lowest BCUT2D eigenvalue weighted by atomic mass is 10.0. The van der Waals surface area contributed by atoms with Crippen molar-refractivity contribution in [1.82, 2.24) is 4.90 Å². The highest BCUT2D eigenvalue weighted by molar-refractivity contribution is 5.27. The topological polar surface area (TPSA) is 29.3 Å². The SMILES string of the molecule is CN(Cc1ccccc1CCN)C1CC1. The molecule has 1 aliphatic carbocycles. The summed E-state index contributed by atoms with van der Waals surface area (Å²) in [7, 11) is 2.22. The number of nitrogens with zero attached hydrogens (tertiary/aromatic N) is 1. The molecule has 1 aromatic carbocycles. The van der Waals surface area contributed by atoms with E-state index in [-0.39, 0.29) is 0 Å². The van der Waals surface area contributed by atoms with Gasteiger partial charge in [0.2, 0.25) is 0 Å². The average Bonchev–Trinajstić information content (AvgIpc) is 3.04. The molecule has 15 heavy (non-hydrogen) atoms. The van der Waals surface area contributed by atoms with E-state index >= 15 is 0 Å². The van der Waals surface area contributed by atoms with Gasteiger partial charge in [0, 0.05) is 12.6 Å². The molecule has 1 aliphatic rings. The predicted octanol–water partition coefficient (Wildman–Crippen LogP) is 1.78. The first kappa shape index (κ1) is 10.7. The van der Waals surface area contributed by atoms with Gasteiger partial charge in [-0.05, 0) is 44.0 Å². The summed E-state index contributed by atoms with van der Waals surface area (Å²) in [4.78, 5) is 2.45. The maximum atomic E-state index is 5.62. The Hall–Kier alpha value is -0.860. The Morgan fingerprint density at radius 2 is 1.93 bits per heavy atom. The van der Waals surface area contributed by atoms with Crippen LogP contribution in [0.2, 0.25) is 0 Å². The lowest BCUT2D eigenvalue weighted by Crippen LogP contribution is -2.21. The van der Waals surface area contributed by atoms with Crippen molar-refractivity contribution < 1.29 is 0 Å². The van der Waals surface area contributed by atoms with Gasteiger partial charge in [-0.3, -0.25) is 4.90 Å². The second-order valence-corrected chi connectivity index (χ2v) is 4.45. The Morgan fingerprint density at radius 3 is 2.53 bits per heavy atom. The highest BCUT2D eigenvalue weighted by atomic mass is 15.1. The van der Waals surface area contributed by atoms with Gasteiger partial charge in [0.25, 0.3) is 0 Å². The fourth-order valence-electron chi connectivity index (χ4n) is 2.02. The van der Waals surface area contributed by atoms with Crippen LogP contribution in [0.15, 0.2) is 24.3 Å². The first-order valence-corrected chi connectivity index (χ1v) is 5.78. The van der Waals surface area contributed by atoms with Crippen molar-refractivity contribution in [3.8, 4) is 0 Å². The van der Waals surface area contributed by atoms with Gasteiger partial charge in [0.05, 0.1) is 0 Å². The highest BCUT2D eigenvalue weighted by Crippen LogP contribution is 2.27. The second kappa shape index (κ2) is 4.77. The van der Waals surface area contributed by atoms with E-state index in [9.17, 15) is 0 Å². The molecule has 0 aliphatic heterocycles. The lowest BCUT2D eigenvalue weighted by Gasteiger charge is -2.18. The Kier molecular flexibility index (Phi) is 3.39. The van der Waals surface area contributed by atoms with Crippen LogP contribution < -0.4 is 5.73 Å². The second-order valence-electron chi connectivity index (χ2n) is 4.45. The zero-order valence-corrected chi connectivity index (χ0v) is 9.45. The molecule has 0 bridgehead atoms. The minimum Gasteiger partial charge on any atom is -0.330 e. The molecule has 2 nitrogen and oxygen atoms in total. The molecule has 0 spiro atoms. The van der Waals surface area contributed by atoms with Crippen molar-refractivity contribution in [3.05, 3.63) is 35.4 Å². The minimum atomic E-state index is 0.740. The third-order valence-electron chi connectivity index (χ3n) is 3.12. The summed E-state index contributed by atoms with van der Waals surface area (Å²) in [6, 6.07) is 9.48. The Morgan fingerprint density at radius 1 is 1.27 bits per heavy atom. The van der Waals surface area contributed by atoms with E-state index in [1.165, 1.54) is 24.0 Å². The molecule has 1 fully saturated rings. The highest BCUT2D eigenvalue weighted by Gasteiger charge is 2.26. The summed E-state index contributed by atoms with van der Waals surface area (Å²) >= 11 is 0. The molecule has 1 aromatic rings. The van der Waals surface area contributed by atoms with E-state index in [0.29, 0.717) is 0 Å². The summed E-state index contributed by atoms with van der Waals surface area (Å²) < 4.78 is 0. The van der Waals surface area contributed by atoms with Crippen molar-refractivity contribution in [2.75, 3.05) is 13.6 Å². The van der Waals surface area contributed by atoms with Crippen LogP contribution in [0.5, 0.6) is 0 Å². The molecule has 1 saturated carbocycles. The molecule has 0 amide bonds. The van der Waals surface area contributed by atoms with Crippen LogP contribution in [0.1, 0.15) is 24.0 Å². The summed E-state index contributed by atoms with van der Waals surface area (Å²) in [5, 5.41) is 0. The van der Waals surface area contributed by atoms with Crippen LogP contribution in [-0.2, 0) is 13.0 Å². The standard InChI is InChI=1S/C13H20N2/c1-15(13-6-7-13)10-12-5-3-2-4-11(12)8-9-14/h2-5,13H,6-10,14H2,1H3. The van der Waals surface area contributed by atoms with Crippen molar-refractivity contribution in [2.45, 2.75) is 31.8 Å². The van der Waals surface area contributed by atoms with Crippen LogP contribution in [-0.4, -0.2) is 24.5 Å². The zero-order chi connectivity index (χ0) is 10.7. The molecule has 0 heterocycles. The summed E-state index contributed by atoms with van der Waals surface area (Å²) in [5.41, 5.74) is 8.47. The van der Waals surface area contributed by atoms with Crippen LogP contribution in [0.3, 0.4) is 0 Å². The van der Waals surface area contributed by atoms with Crippen molar-refractivity contribution in [3.63, 3.8) is 0 Å². The van der Waals surface area contributed by atoms with Crippen LogP contribution >= 0.6 is 0 Å². The number of benzene rings is 1. The first-order valence-electron chi connectivity index (χ1n) is 5.78. The fourth-order valence-corrected chi connectivity index (χ4v) is 2.02. The number of rotatable bonds is 5. The summed E-state index contributed by atoms with van der Waals surface area (Å²) in [6.07, 6.45) is 3.74. The quantitative estimate of drug-likeness (QED) is 0.792. The van der Waals surface area contributed by atoms with Gasteiger partial charge < -0.3 is 5.73 Å². The van der Waals surface area contributed by atoms with Gasteiger partial charge in [-0.15, -0.1) is 0 Å². The molecule has 2 N–H and O–H groups in total. The molecule has 0 aromatic heterocycles. The normalized spacial score (nSPS) is 15.9. The Bertz CT molecular complexity index is 318. The fraction of sp³-hybridized carbons (Fsp3) is 0.538. The van der Waals surface area contributed by atoms with Crippen molar-refractivity contribution in [2.24, 2.45) is 5.73 Å². The van der Waals surface area contributed by atoms with Gasteiger partial charge in [-0.2, -0.15) is 0 Å². The van der Waals surface area contributed by atoms with Gasteiger partial charge in [-0.25, -0.2) is 0 Å². The van der Waals surface area contributed by atoms with E-state index in [0.717, 1.165) is 25.6 Å². The maximum Gasteiger partial charge on any atom is 0.0236 e. The van der Waals surface area contributed by atoms with E-state index in [4.69, 9.17) is 5.73 Å². The van der Waals surface area contributed by atoms with Gasteiger partial charge in [0.1, 0.15) is 0 Å². The average molecular weight is 204 g/mol. The van der Waals surface area contributed by atoms with E-state index in [1.54, 1.807) is 0 Å². The zero-order valence-electron chi connectivity index (χ0n) is 9.45. The molecule has 2 rings (SSSR count). The van der Waals surface area contributed by atoms with E-state index < -0.39 is 0 Å². The third-order valence-corrected chi connectivity index (χ3v) is 3.12.